The molecule has 1 fully saturated rings. The Bertz CT molecular complexity index is 428. The maximum Gasteiger partial charge on any atom is 0.185 e. The van der Waals surface area contributed by atoms with E-state index in [2.05, 4.69) is 32.7 Å². The van der Waals surface area contributed by atoms with Gasteiger partial charge in [-0.25, -0.2) is 4.98 Å². The lowest BCUT2D eigenvalue weighted by atomic mass is 9.91. The van der Waals surface area contributed by atoms with Gasteiger partial charge in [-0.1, -0.05) is 57.8 Å². The van der Waals surface area contributed by atoms with Crippen molar-refractivity contribution in [2.24, 2.45) is 0 Å². The van der Waals surface area contributed by atoms with Crippen LogP contribution in [-0.2, 0) is 12.0 Å². The second-order valence-corrected chi connectivity index (χ2v) is 7.99. The summed E-state index contributed by atoms with van der Waals surface area (Å²) in [5.74, 6) is 0. The molecule has 1 aromatic rings. The standard InChI is InChI=1S/C16H28N2OS/c1-16(2,3)14-13(11-19)20-15(17-14)18(4)12-9-7-5-6-8-10-12/h12,19H,5-11H2,1-4H3. The van der Waals surface area contributed by atoms with Crippen LogP contribution >= 0.6 is 11.3 Å². The Kier molecular flexibility index (Phi) is 5.08. The molecule has 1 aromatic heterocycles. The third kappa shape index (κ3) is 3.53. The van der Waals surface area contributed by atoms with Crippen molar-refractivity contribution < 1.29 is 5.11 Å². The molecule has 0 aliphatic heterocycles. The molecular weight excluding hydrogens is 268 g/mol. The number of aliphatic hydroxyl groups is 1. The molecule has 1 N–H and O–H groups in total. The topological polar surface area (TPSA) is 36.4 Å². The zero-order valence-corrected chi connectivity index (χ0v) is 14.1. The van der Waals surface area contributed by atoms with Crippen LogP contribution in [0.4, 0.5) is 5.13 Å². The minimum atomic E-state index is -0.00287. The highest BCUT2D eigenvalue weighted by atomic mass is 32.1. The molecule has 1 aliphatic rings. The van der Waals surface area contributed by atoms with E-state index >= 15 is 0 Å². The van der Waals surface area contributed by atoms with Crippen LogP contribution in [0.2, 0.25) is 0 Å². The summed E-state index contributed by atoms with van der Waals surface area (Å²) < 4.78 is 0. The molecule has 4 heteroatoms. The van der Waals surface area contributed by atoms with E-state index < -0.39 is 0 Å². The molecule has 0 atom stereocenters. The van der Waals surface area contributed by atoms with Gasteiger partial charge in [0.15, 0.2) is 5.13 Å². The van der Waals surface area contributed by atoms with Gasteiger partial charge in [-0.05, 0) is 12.8 Å². The average Bonchev–Trinajstić information content (AvgIpc) is 2.66. The van der Waals surface area contributed by atoms with Gasteiger partial charge in [0, 0.05) is 18.5 Å². The SMILES string of the molecule is CN(c1nc(C(C)(C)C)c(CO)s1)C1CCCCCC1. The lowest BCUT2D eigenvalue weighted by Gasteiger charge is -2.26. The molecule has 20 heavy (non-hydrogen) atoms. The second-order valence-electron chi connectivity index (χ2n) is 6.93. The Morgan fingerprint density at radius 3 is 2.25 bits per heavy atom. The molecule has 3 nitrogen and oxygen atoms in total. The number of anilines is 1. The lowest BCUT2D eigenvalue weighted by molar-refractivity contribution is 0.282. The molecule has 0 unspecified atom stereocenters. The molecule has 1 aliphatic carbocycles. The summed E-state index contributed by atoms with van der Waals surface area (Å²) >= 11 is 1.66. The number of thiazole rings is 1. The third-order valence-electron chi connectivity index (χ3n) is 4.21. The lowest BCUT2D eigenvalue weighted by Crippen LogP contribution is -2.31. The molecule has 0 saturated heterocycles. The molecular formula is C16H28N2OS. The first kappa shape index (κ1) is 15.8. The Hall–Kier alpha value is -0.610. The zero-order chi connectivity index (χ0) is 14.8. The minimum Gasteiger partial charge on any atom is -0.391 e. The van der Waals surface area contributed by atoms with Gasteiger partial charge in [-0.2, -0.15) is 0 Å². The Morgan fingerprint density at radius 2 is 1.80 bits per heavy atom. The van der Waals surface area contributed by atoms with Gasteiger partial charge in [-0.3, -0.25) is 0 Å². The van der Waals surface area contributed by atoms with Crippen LogP contribution in [0.15, 0.2) is 0 Å². The summed E-state index contributed by atoms with van der Waals surface area (Å²) in [4.78, 5) is 8.22. The first-order chi connectivity index (χ1) is 9.43. The number of hydrogen-bond acceptors (Lipinski definition) is 4. The highest BCUT2D eigenvalue weighted by Gasteiger charge is 2.26. The second kappa shape index (κ2) is 6.44. The smallest absolute Gasteiger partial charge is 0.185 e. The van der Waals surface area contributed by atoms with E-state index in [-0.39, 0.29) is 12.0 Å². The van der Waals surface area contributed by atoms with Crippen LogP contribution < -0.4 is 4.90 Å². The molecule has 0 spiro atoms. The first-order valence-electron chi connectivity index (χ1n) is 7.77. The van der Waals surface area contributed by atoms with E-state index in [9.17, 15) is 5.11 Å². The largest absolute Gasteiger partial charge is 0.391 e. The van der Waals surface area contributed by atoms with Crippen LogP contribution in [0, 0.1) is 0 Å². The van der Waals surface area contributed by atoms with Crippen LogP contribution in [-0.4, -0.2) is 23.2 Å². The van der Waals surface area contributed by atoms with Crippen molar-refractivity contribution in [2.75, 3.05) is 11.9 Å². The molecule has 0 amide bonds. The van der Waals surface area contributed by atoms with Gasteiger partial charge < -0.3 is 10.0 Å². The molecule has 2 rings (SSSR count). The zero-order valence-electron chi connectivity index (χ0n) is 13.3. The van der Waals surface area contributed by atoms with Crippen molar-refractivity contribution in [1.82, 2.24) is 4.98 Å². The number of rotatable bonds is 3. The van der Waals surface area contributed by atoms with Gasteiger partial charge in [-0.15, -0.1) is 0 Å². The maximum absolute atomic E-state index is 9.58. The summed E-state index contributed by atoms with van der Waals surface area (Å²) in [6.45, 7) is 6.59. The Labute approximate surface area is 127 Å². The summed E-state index contributed by atoms with van der Waals surface area (Å²) in [5, 5.41) is 10.7. The number of aliphatic hydroxyl groups excluding tert-OH is 1. The van der Waals surface area contributed by atoms with Gasteiger partial charge in [0.05, 0.1) is 17.2 Å². The fourth-order valence-corrected chi connectivity index (χ4v) is 4.15. The van der Waals surface area contributed by atoms with Crippen LogP contribution in [0.1, 0.15) is 69.9 Å². The van der Waals surface area contributed by atoms with E-state index in [0.717, 1.165) is 15.7 Å². The molecule has 0 aromatic carbocycles. The molecule has 0 radical (unpaired) electrons. The molecule has 0 bridgehead atoms. The van der Waals surface area contributed by atoms with Crippen molar-refractivity contribution in [3.8, 4) is 0 Å². The summed E-state index contributed by atoms with van der Waals surface area (Å²) in [7, 11) is 2.17. The predicted octanol–water partition coefficient (Wildman–Crippen LogP) is 4.09. The summed E-state index contributed by atoms with van der Waals surface area (Å²) in [6.07, 6.45) is 7.96. The van der Waals surface area contributed by atoms with Crippen molar-refractivity contribution in [3.05, 3.63) is 10.6 Å². The molecule has 114 valence electrons. The average molecular weight is 296 g/mol. The van der Waals surface area contributed by atoms with Crippen molar-refractivity contribution >= 4 is 16.5 Å². The normalized spacial score (nSPS) is 18.1. The Balaban J connectivity index is 2.21. The molecule has 1 saturated carbocycles. The van der Waals surface area contributed by atoms with Crippen LogP contribution in [0.3, 0.4) is 0 Å². The van der Waals surface area contributed by atoms with E-state index in [1.165, 1.54) is 38.5 Å². The number of aromatic nitrogens is 1. The summed E-state index contributed by atoms with van der Waals surface area (Å²) in [6, 6.07) is 0.614. The third-order valence-corrected chi connectivity index (χ3v) is 5.34. The van der Waals surface area contributed by atoms with Gasteiger partial charge >= 0.3 is 0 Å². The Morgan fingerprint density at radius 1 is 1.20 bits per heavy atom. The predicted molar refractivity (Wildman–Crippen MR) is 86.6 cm³/mol. The van der Waals surface area contributed by atoms with Crippen molar-refractivity contribution in [1.29, 1.82) is 0 Å². The highest BCUT2D eigenvalue weighted by Crippen LogP contribution is 2.35. The van der Waals surface area contributed by atoms with Crippen molar-refractivity contribution in [2.45, 2.75) is 77.4 Å². The number of hydrogen-bond donors (Lipinski definition) is 1. The van der Waals surface area contributed by atoms with Crippen molar-refractivity contribution in [3.63, 3.8) is 0 Å². The first-order valence-corrected chi connectivity index (χ1v) is 8.59. The van der Waals surface area contributed by atoms with E-state index in [1.54, 1.807) is 11.3 Å². The van der Waals surface area contributed by atoms with Gasteiger partial charge in [0.1, 0.15) is 0 Å². The highest BCUT2D eigenvalue weighted by molar-refractivity contribution is 7.15. The van der Waals surface area contributed by atoms with Gasteiger partial charge in [0.2, 0.25) is 0 Å². The summed E-state index contributed by atoms with van der Waals surface area (Å²) in [5.41, 5.74) is 1.05. The quantitative estimate of drug-likeness (QED) is 0.853. The fourth-order valence-electron chi connectivity index (χ4n) is 2.98. The van der Waals surface area contributed by atoms with E-state index in [0.29, 0.717) is 6.04 Å². The maximum atomic E-state index is 9.58. The fraction of sp³-hybridized carbons (Fsp3) is 0.812. The number of nitrogens with zero attached hydrogens (tertiary/aromatic N) is 2. The van der Waals surface area contributed by atoms with E-state index in [4.69, 9.17) is 4.98 Å². The molecule has 1 heterocycles. The monoisotopic (exact) mass is 296 g/mol. The van der Waals surface area contributed by atoms with E-state index in [1.807, 2.05) is 0 Å². The minimum absolute atomic E-state index is 0.00287. The van der Waals surface area contributed by atoms with Crippen LogP contribution in [0.5, 0.6) is 0 Å². The van der Waals surface area contributed by atoms with Gasteiger partial charge in [0.25, 0.3) is 0 Å². The van der Waals surface area contributed by atoms with Crippen LogP contribution in [0.25, 0.3) is 0 Å².